The zero-order chi connectivity index (χ0) is 26.7. The summed E-state index contributed by atoms with van der Waals surface area (Å²) in [5.74, 6) is -1.09. The van der Waals surface area contributed by atoms with Crippen molar-refractivity contribution in [2.75, 3.05) is 31.9 Å². The molecule has 3 aromatic carbocycles. The largest absolute Gasteiger partial charge is 0.497 e. The van der Waals surface area contributed by atoms with Gasteiger partial charge >= 0.3 is 6.18 Å². The lowest BCUT2D eigenvalue weighted by Gasteiger charge is -2.30. The Morgan fingerprint density at radius 2 is 1.84 bits per heavy atom. The Balaban J connectivity index is 1.82. The van der Waals surface area contributed by atoms with Gasteiger partial charge in [0.2, 0.25) is 0 Å². The molecule has 0 radical (unpaired) electrons. The fraction of sp³-hybridized carbons (Fsp3) is 0.231. The highest BCUT2D eigenvalue weighted by Crippen LogP contribution is 2.43. The first-order chi connectivity index (χ1) is 17.6. The first kappa shape index (κ1) is 25.7. The molecule has 1 aliphatic rings. The molecule has 194 valence electrons. The van der Waals surface area contributed by atoms with E-state index in [1.807, 2.05) is 0 Å². The van der Waals surface area contributed by atoms with Crippen LogP contribution in [0.15, 0.2) is 60.7 Å². The number of alkyl halides is 3. The van der Waals surface area contributed by atoms with Crippen LogP contribution in [-0.2, 0) is 22.3 Å². The number of carbonyl (C=O) groups is 2. The number of nitrogens with two attached hydrogens (primary N) is 1. The highest BCUT2D eigenvalue weighted by Gasteiger charge is 2.42. The Kier molecular flexibility index (Phi) is 7.14. The summed E-state index contributed by atoms with van der Waals surface area (Å²) in [5.41, 5.74) is 5.86. The summed E-state index contributed by atoms with van der Waals surface area (Å²) in [6.45, 7) is -0.838. The first-order valence-electron chi connectivity index (χ1n) is 11.1. The number of anilines is 2. The molecule has 1 aliphatic heterocycles. The number of rotatable bonds is 6. The van der Waals surface area contributed by atoms with Gasteiger partial charge in [-0.25, -0.2) is 0 Å². The number of ether oxygens (including phenoxy) is 3. The van der Waals surface area contributed by atoms with Gasteiger partial charge in [-0.2, -0.15) is 13.2 Å². The molecule has 1 atom stereocenters. The van der Waals surface area contributed by atoms with Crippen molar-refractivity contribution in [2.45, 2.75) is 18.8 Å². The molecule has 1 heterocycles. The van der Waals surface area contributed by atoms with E-state index >= 15 is 0 Å². The van der Waals surface area contributed by atoms with Crippen molar-refractivity contribution < 1.29 is 37.0 Å². The van der Waals surface area contributed by atoms with Crippen molar-refractivity contribution in [2.24, 2.45) is 0 Å². The fourth-order valence-electron chi connectivity index (χ4n) is 4.09. The monoisotopic (exact) mass is 515 g/mol. The van der Waals surface area contributed by atoms with Crippen LogP contribution in [0.25, 0.3) is 0 Å². The molecule has 3 aromatic rings. The Labute approximate surface area is 210 Å². The van der Waals surface area contributed by atoms with Crippen LogP contribution in [0.2, 0.25) is 0 Å². The number of nitrogens with one attached hydrogen (secondary N) is 1. The highest BCUT2D eigenvalue weighted by molar-refractivity contribution is 5.99. The van der Waals surface area contributed by atoms with Gasteiger partial charge in [0, 0.05) is 28.6 Å². The van der Waals surface area contributed by atoms with Gasteiger partial charge in [0.1, 0.15) is 23.3 Å². The van der Waals surface area contributed by atoms with Gasteiger partial charge in [0.25, 0.3) is 11.8 Å². The smallest absolute Gasteiger partial charge is 0.419 e. The van der Waals surface area contributed by atoms with E-state index in [0.29, 0.717) is 28.4 Å². The molecule has 0 spiro atoms. The van der Waals surface area contributed by atoms with Gasteiger partial charge in [-0.15, -0.1) is 0 Å². The maximum atomic E-state index is 13.8. The fourth-order valence-corrected chi connectivity index (χ4v) is 4.09. The minimum Gasteiger partial charge on any atom is -0.497 e. The summed E-state index contributed by atoms with van der Waals surface area (Å²) in [4.78, 5) is 28.0. The number of para-hydroxylation sites is 1. The number of amides is 2. The number of hydrogen-bond donors (Lipinski definition) is 2. The van der Waals surface area contributed by atoms with Crippen molar-refractivity contribution in [3.05, 3.63) is 77.4 Å². The zero-order valence-corrected chi connectivity index (χ0v) is 20.0. The second kappa shape index (κ2) is 10.3. The van der Waals surface area contributed by atoms with Gasteiger partial charge in [0.05, 0.1) is 26.3 Å². The van der Waals surface area contributed by atoms with E-state index in [2.05, 4.69) is 5.32 Å². The third-order valence-corrected chi connectivity index (χ3v) is 5.88. The second-order valence-electron chi connectivity index (χ2n) is 8.22. The van der Waals surface area contributed by atoms with Crippen molar-refractivity contribution >= 4 is 23.2 Å². The Morgan fingerprint density at radius 3 is 2.49 bits per heavy atom. The van der Waals surface area contributed by atoms with Gasteiger partial charge in [0.15, 0.2) is 6.61 Å². The lowest BCUT2D eigenvalue weighted by atomic mass is 9.99. The molecule has 0 saturated carbocycles. The molecule has 2 amide bonds. The third kappa shape index (κ3) is 5.40. The third-order valence-electron chi connectivity index (χ3n) is 5.88. The molecule has 0 saturated heterocycles. The summed E-state index contributed by atoms with van der Waals surface area (Å²) in [6.07, 6.45) is -4.76. The number of fused-ring (bicyclic) bond motifs is 1. The van der Waals surface area contributed by atoms with Crippen LogP contribution in [0.4, 0.5) is 24.5 Å². The van der Waals surface area contributed by atoms with E-state index in [1.165, 1.54) is 31.3 Å². The molecule has 0 aromatic heterocycles. The van der Waals surface area contributed by atoms with E-state index in [1.54, 1.807) is 42.5 Å². The summed E-state index contributed by atoms with van der Waals surface area (Å²) in [5, 5.41) is 2.67. The average molecular weight is 515 g/mol. The zero-order valence-electron chi connectivity index (χ0n) is 20.0. The van der Waals surface area contributed by atoms with Crippen LogP contribution in [0.1, 0.15) is 22.7 Å². The average Bonchev–Trinajstić information content (AvgIpc) is 3.01. The quantitative estimate of drug-likeness (QED) is 0.472. The normalized spacial score (nSPS) is 15.3. The van der Waals surface area contributed by atoms with E-state index in [4.69, 9.17) is 19.9 Å². The molecule has 0 bridgehead atoms. The summed E-state index contributed by atoms with van der Waals surface area (Å²) < 4.78 is 57.4. The van der Waals surface area contributed by atoms with E-state index in [9.17, 15) is 22.8 Å². The Morgan fingerprint density at radius 1 is 1.11 bits per heavy atom. The number of carbonyl (C=O) groups excluding carboxylic acids is 2. The molecule has 1 unspecified atom stereocenters. The van der Waals surface area contributed by atoms with Gasteiger partial charge in [-0.1, -0.05) is 12.1 Å². The van der Waals surface area contributed by atoms with Crippen LogP contribution in [0, 0.1) is 0 Å². The molecule has 0 fully saturated rings. The van der Waals surface area contributed by atoms with Crippen LogP contribution in [0.5, 0.6) is 17.2 Å². The van der Waals surface area contributed by atoms with Crippen molar-refractivity contribution in [1.82, 2.24) is 4.90 Å². The minimum absolute atomic E-state index is 0.0962. The maximum Gasteiger partial charge on any atom is 0.419 e. The molecular formula is C26H24F3N3O5. The molecule has 8 nitrogen and oxygen atoms in total. The highest BCUT2D eigenvalue weighted by atomic mass is 19.4. The van der Waals surface area contributed by atoms with E-state index < -0.39 is 42.0 Å². The topological polar surface area (TPSA) is 103 Å². The standard InChI is InChI=1S/C26H24F3N3O5/c1-35-18-11-6-15(21(12-18)36-2)13-32-22(33)14-37-24-19(4-3-5-20(24)26(27,28)29)23(32)25(34)31-17-9-7-16(30)8-10-17/h3-12,23H,13-14,30H2,1-2H3,(H,31,34). The molecule has 11 heteroatoms. The van der Waals surface area contributed by atoms with Gasteiger partial charge < -0.3 is 30.2 Å². The van der Waals surface area contributed by atoms with Crippen LogP contribution in [0.3, 0.4) is 0 Å². The predicted octanol–water partition coefficient (Wildman–Crippen LogP) is 4.41. The predicted molar refractivity (Wildman–Crippen MR) is 129 cm³/mol. The number of halogens is 3. The first-order valence-corrected chi connectivity index (χ1v) is 11.1. The summed E-state index contributed by atoms with van der Waals surface area (Å²) in [7, 11) is 2.92. The number of nitrogens with zero attached hydrogens (tertiary/aromatic N) is 1. The maximum absolute atomic E-state index is 13.8. The SMILES string of the molecule is COc1ccc(CN2C(=O)COc3c(cccc3C(F)(F)F)C2C(=O)Nc2ccc(N)cc2)c(OC)c1. The van der Waals surface area contributed by atoms with E-state index in [-0.39, 0.29) is 12.1 Å². The summed E-state index contributed by atoms with van der Waals surface area (Å²) in [6, 6.07) is 13.0. The van der Waals surface area contributed by atoms with Gasteiger partial charge in [-0.05, 0) is 42.5 Å². The molecular weight excluding hydrogens is 491 g/mol. The summed E-state index contributed by atoms with van der Waals surface area (Å²) >= 11 is 0. The van der Waals surface area contributed by atoms with Crippen LogP contribution >= 0.6 is 0 Å². The number of methoxy groups -OCH3 is 2. The Hall–Kier alpha value is -4.41. The Bertz CT molecular complexity index is 1310. The minimum atomic E-state index is -4.76. The van der Waals surface area contributed by atoms with Crippen molar-refractivity contribution in [3.63, 3.8) is 0 Å². The lowest BCUT2D eigenvalue weighted by molar-refractivity contribution is -0.141. The molecule has 3 N–H and O–H groups in total. The number of hydrogen-bond acceptors (Lipinski definition) is 6. The number of nitrogen functional groups attached to an aromatic ring is 1. The number of benzene rings is 3. The van der Waals surface area contributed by atoms with Crippen LogP contribution < -0.4 is 25.3 Å². The van der Waals surface area contributed by atoms with Crippen LogP contribution in [-0.4, -0.2) is 37.5 Å². The van der Waals surface area contributed by atoms with Crippen molar-refractivity contribution in [1.29, 1.82) is 0 Å². The molecule has 0 aliphatic carbocycles. The van der Waals surface area contributed by atoms with Crippen molar-refractivity contribution in [3.8, 4) is 17.2 Å². The second-order valence-corrected chi connectivity index (χ2v) is 8.22. The van der Waals surface area contributed by atoms with Gasteiger partial charge in [-0.3, -0.25) is 9.59 Å². The lowest BCUT2D eigenvalue weighted by Crippen LogP contribution is -2.41. The molecule has 37 heavy (non-hydrogen) atoms. The molecule has 4 rings (SSSR count). The van der Waals surface area contributed by atoms with E-state index in [0.717, 1.165) is 6.07 Å².